The molecule has 1 heterocycles. The molecule has 7 heteroatoms. The number of halogens is 1. The number of ether oxygens (including phenoxy) is 1. The van der Waals surface area contributed by atoms with Gasteiger partial charge < -0.3 is 10.1 Å². The lowest BCUT2D eigenvalue weighted by molar-refractivity contribution is 0.0911. The predicted octanol–water partition coefficient (Wildman–Crippen LogP) is 1.63. The number of methoxy groups -OCH3 is 1. The van der Waals surface area contributed by atoms with Crippen molar-refractivity contribution >= 4 is 33.4 Å². The molecule has 0 aliphatic carbocycles. The molecule has 0 saturated heterocycles. The highest BCUT2D eigenvalue weighted by Gasteiger charge is 2.18. The number of carbonyl (C=O) groups is 1. The van der Waals surface area contributed by atoms with Crippen molar-refractivity contribution in [1.29, 1.82) is 0 Å². The highest BCUT2D eigenvalue weighted by atomic mass is 79.9. The number of aromatic nitrogens is 2. The Morgan fingerprint density at radius 1 is 1.65 bits per heavy atom. The average Bonchev–Trinajstić information content (AvgIpc) is 2.77. The molecule has 1 atom stereocenters. The third kappa shape index (κ3) is 4.33. The summed E-state index contributed by atoms with van der Waals surface area (Å²) in [6, 6.07) is -0.0379. The number of hydrogen-bond donors (Lipinski definition) is 1. The molecule has 1 rings (SSSR count). The molecule has 0 aromatic carbocycles. The fraction of sp³-hybridized carbons (Fsp3) is 0.700. The van der Waals surface area contributed by atoms with Crippen LogP contribution in [-0.2, 0) is 11.2 Å². The van der Waals surface area contributed by atoms with Crippen LogP contribution < -0.4 is 5.32 Å². The van der Waals surface area contributed by atoms with Gasteiger partial charge in [0.25, 0.3) is 5.91 Å². The minimum atomic E-state index is -0.120. The molecular weight excluding hydrogens is 306 g/mol. The van der Waals surface area contributed by atoms with Crippen LogP contribution in [0, 0.1) is 0 Å². The van der Waals surface area contributed by atoms with Crippen molar-refractivity contribution in [2.45, 2.75) is 25.8 Å². The van der Waals surface area contributed by atoms with E-state index in [0.29, 0.717) is 16.8 Å². The van der Waals surface area contributed by atoms with Gasteiger partial charge in [0.15, 0.2) is 0 Å². The minimum Gasteiger partial charge on any atom is -0.383 e. The van der Waals surface area contributed by atoms with Crippen molar-refractivity contribution in [2.75, 3.05) is 19.0 Å². The van der Waals surface area contributed by atoms with Crippen LogP contribution >= 0.6 is 27.5 Å². The maximum atomic E-state index is 12.0. The number of amides is 1. The molecule has 0 saturated carbocycles. The summed E-state index contributed by atoms with van der Waals surface area (Å²) in [5.74, 6) is -0.120. The molecule has 0 aliphatic rings. The Hall–Kier alpha value is -0.530. The van der Waals surface area contributed by atoms with Gasteiger partial charge in [0.2, 0.25) is 0 Å². The van der Waals surface area contributed by atoms with Gasteiger partial charge in [0.1, 0.15) is 4.88 Å². The van der Waals surface area contributed by atoms with E-state index in [9.17, 15) is 4.79 Å². The summed E-state index contributed by atoms with van der Waals surface area (Å²) in [7, 11) is 1.61. The number of aryl methyl sites for hydroxylation is 1. The molecule has 5 nitrogen and oxygen atoms in total. The summed E-state index contributed by atoms with van der Waals surface area (Å²) >= 11 is 4.47. The van der Waals surface area contributed by atoms with Gasteiger partial charge in [-0.3, -0.25) is 4.79 Å². The molecule has 17 heavy (non-hydrogen) atoms. The largest absolute Gasteiger partial charge is 0.383 e. The molecule has 0 spiro atoms. The van der Waals surface area contributed by atoms with Gasteiger partial charge in [-0.2, -0.15) is 0 Å². The molecule has 1 amide bonds. The summed E-state index contributed by atoms with van der Waals surface area (Å²) in [4.78, 5) is 12.6. The fourth-order valence-corrected chi connectivity index (χ4v) is 2.32. The maximum absolute atomic E-state index is 12.0. The van der Waals surface area contributed by atoms with E-state index in [-0.39, 0.29) is 11.9 Å². The molecule has 1 aromatic heterocycles. The van der Waals surface area contributed by atoms with E-state index in [1.165, 1.54) is 0 Å². The lowest BCUT2D eigenvalue weighted by atomic mass is 10.2. The highest BCUT2D eigenvalue weighted by Crippen LogP contribution is 2.12. The monoisotopic (exact) mass is 321 g/mol. The summed E-state index contributed by atoms with van der Waals surface area (Å²) < 4.78 is 8.85. The number of nitrogens with zero attached hydrogens (tertiary/aromatic N) is 2. The van der Waals surface area contributed by atoms with E-state index in [2.05, 4.69) is 30.8 Å². The predicted molar refractivity (Wildman–Crippen MR) is 70.8 cm³/mol. The van der Waals surface area contributed by atoms with Crippen LogP contribution in [0.25, 0.3) is 0 Å². The Bertz CT molecular complexity index is 359. The fourth-order valence-electron chi connectivity index (χ4n) is 1.36. The molecule has 1 N–H and O–H groups in total. The van der Waals surface area contributed by atoms with E-state index in [1.54, 1.807) is 7.11 Å². The zero-order valence-electron chi connectivity index (χ0n) is 9.90. The lowest BCUT2D eigenvalue weighted by Gasteiger charge is -2.14. The molecule has 0 fully saturated rings. The second-order valence-corrected chi connectivity index (χ2v) is 4.98. The normalized spacial score (nSPS) is 12.4. The van der Waals surface area contributed by atoms with Crippen LogP contribution in [0.1, 0.15) is 28.7 Å². The van der Waals surface area contributed by atoms with Crippen LogP contribution in [0.2, 0.25) is 0 Å². The summed E-state index contributed by atoms with van der Waals surface area (Å²) in [6.45, 7) is 2.53. The first-order chi connectivity index (χ1) is 8.22. The number of hydrogen-bond acceptors (Lipinski definition) is 5. The summed E-state index contributed by atoms with van der Waals surface area (Å²) in [5.41, 5.74) is 0.778. The van der Waals surface area contributed by atoms with Crippen molar-refractivity contribution in [3.05, 3.63) is 10.6 Å². The highest BCUT2D eigenvalue weighted by molar-refractivity contribution is 9.09. The second kappa shape index (κ2) is 7.73. The smallest absolute Gasteiger partial charge is 0.265 e. The molecule has 1 unspecified atom stereocenters. The van der Waals surface area contributed by atoms with Gasteiger partial charge in [-0.25, -0.2) is 0 Å². The zero-order valence-corrected chi connectivity index (χ0v) is 12.3. The summed E-state index contributed by atoms with van der Waals surface area (Å²) in [5, 5.41) is 7.51. The third-order valence-corrected chi connectivity index (χ3v) is 3.69. The van der Waals surface area contributed by atoms with E-state index in [1.807, 2.05) is 6.92 Å². The topological polar surface area (TPSA) is 64.1 Å². The standard InChI is InChI=1S/C10H16BrN3O2S/c1-3-4-8-9(17-14-13-8)10(15)12-7(5-11)6-16-2/h7H,3-6H2,1-2H3,(H,12,15). The molecule has 96 valence electrons. The van der Waals surface area contributed by atoms with E-state index < -0.39 is 0 Å². The third-order valence-electron chi connectivity index (χ3n) is 2.14. The molecule has 0 radical (unpaired) electrons. The van der Waals surface area contributed by atoms with Crippen LogP contribution in [0.15, 0.2) is 0 Å². The Morgan fingerprint density at radius 3 is 3.00 bits per heavy atom. The first kappa shape index (κ1) is 14.5. The number of alkyl halides is 1. The Kier molecular flexibility index (Phi) is 6.61. The van der Waals surface area contributed by atoms with E-state index in [0.717, 1.165) is 30.1 Å². The first-order valence-electron chi connectivity index (χ1n) is 5.39. The lowest BCUT2D eigenvalue weighted by Crippen LogP contribution is -2.39. The van der Waals surface area contributed by atoms with Crippen LogP contribution in [0.3, 0.4) is 0 Å². The molecular formula is C10H16BrN3O2S. The summed E-state index contributed by atoms with van der Waals surface area (Å²) in [6.07, 6.45) is 1.73. The van der Waals surface area contributed by atoms with Crippen LogP contribution in [-0.4, -0.2) is 40.6 Å². The molecule has 0 bridgehead atoms. The van der Waals surface area contributed by atoms with Gasteiger partial charge in [-0.05, 0) is 18.0 Å². The molecule has 1 aromatic rings. The van der Waals surface area contributed by atoms with Gasteiger partial charge in [0, 0.05) is 12.4 Å². The quantitative estimate of drug-likeness (QED) is 0.775. The van der Waals surface area contributed by atoms with Crippen LogP contribution in [0.4, 0.5) is 0 Å². The minimum absolute atomic E-state index is 0.0379. The van der Waals surface area contributed by atoms with Crippen LogP contribution in [0.5, 0.6) is 0 Å². The Labute approximate surface area is 113 Å². The second-order valence-electron chi connectivity index (χ2n) is 3.58. The molecule has 0 aliphatic heterocycles. The van der Waals surface area contributed by atoms with Crippen molar-refractivity contribution in [3.63, 3.8) is 0 Å². The average molecular weight is 322 g/mol. The van der Waals surface area contributed by atoms with Crippen molar-refractivity contribution in [1.82, 2.24) is 14.9 Å². The van der Waals surface area contributed by atoms with Gasteiger partial charge in [-0.15, -0.1) is 5.10 Å². The number of rotatable bonds is 7. The SMILES string of the molecule is CCCc1nnsc1C(=O)NC(CBr)COC. The zero-order chi connectivity index (χ0) is 12.7. The van der Waals surface area contributed by atoms with Crippen molar-refractivity contribution < 1.29 is 9.53 Å². The van der Waals surface area contributed by atoms with Gasteiger partial charge in [-0.1, -0.05) is 33.8 Å². The van der Waals surface area contributed by atoms with E-state index in [4.69, 9.17) is 4.74 Å². The Balaban J connectivity index is 2.64. The van der Waals surface area contributed by atoms with Crippen molar-refractivity contribution in [3.8, 4) is 0 Å². The number of nitrogens with one attached hydrogen (secondary N) is 1. The van der Waals surface area contributed by atoms with Gasteiger partial charge in [0.05, 0.1) is 18.3 Å². The first-order valence-corrected chi connectivity index (χ1v) is 7.29. The van der Waals surface area contributed by atoms with Gasteiger partial charge >= 0.3 is 0 Å². The van der Waals surface area contributed by atoms with Crippen molar-refractivity contribution in [2.24, 2.45) is 0 Å². The van der Waals surface area contributed by atoms with E-state index >= 15 is 0 Å². The maximum Gasteiger partial charge on any atom is 0.265 e. The Morgan fingerprint density at radius 2 is 2.41 bits per heavy atom. The number of carbonyl (C=O) groups excluding carboxylic acids is 1.